The van der Waals surface area contributed by atoms with Gasteiger partial charge in [0.15, 0.2) is 0 Å². The van der Waals surface area contributed by atoms with Gasteiger partial charge in [-0.3, -0.25) is 4.79 Å². The molecule has 8 heteroatoms. The monoisotopic (exact) mass is 478 g/mol. The van der Waals surface area contributed by atoms with Crippen LogP contribution >= 0.6 is 7.82 Å². The van der Waals surface area contributed by atoms with E-state index in [1.165, 1.54) is 77.0 Å². The number of carbonyl (C=O) groups is 1. The van der Waals surface area contributed by atoms with Gasteiger partial charge in [-0.15, -0.1) is 0 Å². The second-order valence-electron chi connectivity index (χ2n) is 8.22. The molecule has 0 aromatic heterocycles. The Morgan fingerprint density at radius 3 is 1.69 bits per heavy atom. The van der Waals surface area contributed by atoms with E-state index in [2.05, 4.69) is 43.1 Å². The molecule has 0 aromatic carbocycles. The predicted octanol–water partition coefficient (Wildman–Crippen LogP) is 5.55. The molecular weight excluding hydrogens is 427 g/mol. The Kier molecular flexibility index (Phi) is 26.0. The molecular formula is C24H51N2O5P. The number of unbranched alkanes of at least 4 members (excludes halogenated alkanes) is 11. The molecule has 0 heterocycles. The number of likely N-dealkylation sites (N-methyl/N-ethyl adjacent to an activating group) is 1. The molecule has 32 heavy (non-hydrogen) atoms. The summed E-state index contributed by atoms with van der Waals surface area (Å²) in [5, 5.41) is 3.04. The van der Waals surface area contributed by atoms with Crippen LogP contribution in [0.25, 0.3) is 0 Å². The lowest BCUT2D eigenvalue weighted by molar-refractivity contribution is -0.121. The third kappa shape index (κ3) is 33.9. The molecule has 1 amide bonds. The van der Waals surface area contributed by atoms with Gasteiger partial charge in [-0.05, 0) is 45.2 Å². The standard InChI is InChI=1S/C24H48N2O.H3O4P/c1-4-7-8-9-10-11-12-13-14-15-16-17-18-19-20-21-24(27)25-22-23-26(5-2)6-3;1-5(2,3)4/h13-14H,4-12,15-23H2,1-3H3,(H,25,27);(H3,1,2,3,4)/b14-13-;. The van der Waals surface area contributed by atoms with Crippen molar-refractivity contribution in [3.63, 3.8) is 0 Å². The fourth-order valence-corrected chi connectivity index (χ4v) is 3.34. The zero-order valence-corrected chi connectivity index (χ0v) is 21.8. The van der Waals surface area contributed by atoms with Crippen LogP contribution in [-0.4, -0.2) is 51.7 Å². The van der Waals surface area contributed by atoms with E-state index >= 15 is 0 Å². The van der Waals surface area contributed by atoms with E-state index in [1.807, 2.05) is 0 Å². The predicted molar refractivity (Wildman–Crippen MR) is 135 cm³/mol. The van der Waals surface area contributed by atoms with Crippen LogP contribution in [0.15, 0.2) is 12.2 Å². The van der Waals surface area contributed by atoms with Crippen molar-refractivity contribution < 1.29 is 24.0 Å². The lowest BCUT2D eigenvalue weighted by Crippen LogP contribution is -2.34. The SMILES string of the molecule is CCCCCCCC/C=C\CCCCCCCC(=O)NCCN(CC)CC.O=P(O)(O)O. The van der Waals surface area contributed by atoms with Crippen LogP contribution in [0.3, 0.4) is 0 Å². The van der Waals surface area contributed by atoms with Gasteiger partial charge in [0.1, 0.15) is 0 Å². The highest BCUT2D eigenvalue weighted by molar-refractivity contribution is 7.45. The third-order valence-electron chi connectivity index (χ3n) is 5.31. The molecule has 0 atom stereocenters. The number of carbonyl (C=O) groups excluding carboxylic acids is 1. The Hall–Kier alpha value is -0.720. The van der Waals surface area contributed by atoms with Crippen LogP contribution in [0.5, 0.6) is 0 Å². The highest BCUT2D eigenvalue weighted by Crippen LogP contribution is 2.25. The summed E-state index contributed by atoms with van der Waals surface area (Å²) in [6.07, 6.45) is 22.3. The van der Waals surface area contributed by atoms with Gasteiger partial charge in [0, 0.05) is 19.5 Å². The number of nitrogens with one attached hydrogen (secondary N) is 1. The molecule has 0 aliphatic carbocycles. The maximum atomic E-state index is 11.8. The molecule has 0 radical (unpaired) electrons. The van der Waals surface area contributed by atoms with E-state index in [4.69, 9.17) is 19.2 Å². The lowest BCUT2D eigenvalue weighted by Gasteiger charge is -2.17. The minimum atomic E-state index is -4.64. The summed E-state index contributed by atoms with van der Waals surface area (Å²) in [6, 6.07) is 0. The van der Waals surface area contributed by atoms with E-state index < -0.39 is 7.82 Å². The first kappa shape index (κ1) is 33.5. The summed E-state index contributed by atoms with van der Waals surface area (Å²) in [6.45, 7) is 10.5. The van der Waals surface area contributed by atoms with Crippen LogP contribution in [0.1, 0.15) is 111 Å². The van der Waals surface area contributed by atoms with E-state index in [0.29, 0.717) is 6.42 Å². The van der Waals surface area contributed by atoms with Gasteiger partial charge in [-0.1, -0.05) is 84.3 Å². The first-order chi connectivity index (χ1) is 15.2. The maximum Gasteiger partial charge on any atom is 0.466 e. The van der Waals surface area contributed by atoms with E-state index in [0.717, 1.165) is 32.6 Å². The number of hydrogen-bond donors (Lipinski definition) is 4. The third-order valence-corrected chi connectivity index (χ3v) is 5.31. The van der Waals surface area contributed by atoms with Crippen molar-refractivity contribution in [1.82, 2.24) is 10.2 Å². The molecule has 4 N–H and O–H groups in total. The van der Waals surface area contributed by atoms with Crippen LogP contribution < -0.4 is 5.32 Å². The van der Waals surface area contributed by atoms with Crippen LogP contribution in [0.4, 0.5) is 0 Å². The number of hydrogen-bond acceptors (Lipinski definition) is 3. The van der Waals surface area contributed by atoms with Crippen molar-refractivity contribution in [3.05, 3.63) is 12.2 Å². The summed E-state index contributed by atoms with van der Waals surface area (Å²) in [5.74, 6) is 0.222. The zero-order chi connectivity index (χ0) is 24.5. The highest BCUT2D eigenvalue weighted by Gasteiger charge is 2.03. The zero-order valence-electron chi connectivity index (χ0n) is 20.9. The molecule has 0 aromatic rings. The Bertz CT molecular complexity index is 471. The minimum absolute atomic E-state index is 0.222. The van der Waals surface area contributed by atoms with E-state index in [1.54, 1.807) is 0 Å². The van der Waals surface area contributed by atoms with Gasteiger partial charge in [-0.2, -0.15) is 0 Å². The molecule has 192 valence electrons. The topological polar surface area (TPSA) is 110 Å². The average molecular weight is 479 g/mol. The molecule has 0 aliphatic heterocycles. The molecule has 0 unspecified atom stereocenters. The van der Waals surface area contributed by atoms with Gasteiger partial charge in [0.05, 0.1) is 0 Å². The molecule has 0 rings (SSSR count). The number of amides is 1. The molecule has 0 bridgehead atoms. The largest absolute Gasteiger partial charge is 0.466 e. The summed E-state index contributed by atoms with van der Waals surface area (Å²) in [4.78, 5) is 35.7. The molecule has 7 nitrogen and oxygen atoms in total. The van der Waals surface area contributed by atoms with Crippen molar-refractivity contribution >= 4 is 13.7 Å². The minimum Gasteiger partial charge on any atom is -0.355 e. The quantitative estimate of drug-likeness (QED) is 0.104. The van der Waals surface area contributed by atoms with Crippen molar-refractivity contribution in [2.24, 2.45) is 0 Å². The fourth-order valence-electron chi connectivity index (χ4n) is 3.34. The van der Waals surface area contributed by atoms with Gasteiger partial charge in [0.2, 0.25) is 5.91 Å². The van der Waals surface area contributed by atoms with Crippen molar-refractivity contribution in [1.29, 1.82) is 0 Å². The molecule has 0 saturated heterocycles. The molecule has 0 saturated carbocycles. The Morgan fingerprint density at radius 1 is 0.781 bits per heavy atom. The van der Waals surface area contributed by atoms with Crippen molar-refractivity contribution in [3.8, 4) is 0 Å². The van der Waals surface area contributed by atoms with Gasteiger partial charge >= 0.3 is 7.82 Å². The Balaban J connectivity index is 0. The van der Waals surface area contributed by atoms with E-state index in [9.17, 15) is 4.79 Å². The van der Waals surface area contributed by atoms with E-state index in [-0.39, 0.29) is 5.91 Å². The van der Waals surface area contributed by atoms with Crippen molar-refractivity contribution in [2.75, 3.05) is 26.2 Å². The Morgan fingerprint density at radius 2 is 1.22 bits per heavy atom. The lowest BCUT2D eigenvalue weighted by atomic mass is 10.1. The summed E-state index contributed by atoms with van der Waals surface area (Å²) < 4.78 is 8.88. The number of phosphoric acid groups is 1. The molecule has 0 spiro atoms. The van der Waals surface area contributed by atoms with Gasteiger partial charge < -0.3 is 24.9 Å². The summed E-state index contributed by atoms with van der Waals surface area (Å²) in [7, 11) is -4.64. The highest BCUT2D eigenvalue weighted by atomic mass is 31.2. The fraction of sp³-hybridized carbons (Fsp3) is 0.875. The average Bonchev–Trinajstić information content (AvgIpc) is 2.73. The molecule has 0 aliphatic rings. The number of nitrogens with zero attached hydrogens (tertiary/aromatic N) is 1. The number of allylic oxidation sites excluding steroid dienone is 2. The first-order valence-electron chi connectivity index (χ1n) is 12.7. The molecule has 0 fully saturated rings. The normalized spacial score (nSPS) is 11.6. The smallest absolute Gasteiger partial charge is 0.355 e. The first-order valence-corrected chi connectivity index (χ1v) is 14.2. The maximum absolute atomic E-state index is 11.8. The van der Waals surface area contributed by atoms with Gasteiger partial charge in [-0.25, -0.2) is 4.57 Å². The number of rotatable bonds is 20. The van der Waals surface area contributed by atoms with Crippen LogP contribution in [-0.2, 0) is 9.36 Å². The van der Waals surface area contributed by atoms with Crippen LogP contribution in [0, 0.1) is 0 Å². The Labute approximate surface area is 197 Å². The van der Waals surface area contributed by atoms with Gasteiger partial charge in [0.25, 0.3) is 0 Å². The second-order valence-corrected chi connectivity index (χ2v) is 9.25. The second kappa shape index (κ2) is 24.9. The summed E-state index contributed by atoms with van der Waals surface area (Å²) in [5.41, 5.74) is 0. The summed E-state index contributed by atoms with van der Waals surface area (Å²) >= 11 is 0. The van der Waals surface area contributed by atoms with Crippen molar-refractivity contribution in [2.45, 2.75) is 111 Å². The van der Waals surface area contributed by atoms with Crippen LogP contribution in [0.2, 0.25) is 0 Å².